The van der Waals surface area contributed by atoms with E-state index in [2.05, 4.69) is 15.8 Å². The minimum Gasteiger partial charge on any atom is -0.390 e. The minimum absolute atomic E-state index is 0.0246. The van der Waals surface area contributed by atoms with Crippen LogP contribution in [0.15, 0.2) is 65.2 Å². The third-order valence-corrected chi connectivity index (χ3v) is 7.95. The second-order valence-electron chi connectivity index (χ2n) is 12.0. The third kappa shape index (κ3) is 9.56. The molecule has 0 spiro atoms. The van der Waals surface area contributed by atoms with E-state index in [0.29, 0.717) is 25.2 Å². The average molecular weight is 647 g/mol. The number of nitrogens with zero attached hydrogens (tertiary/aromatic N) is 2. The molecule has 250 valence electrons. The van der Waals surface area contributed by atoms with E-state index in [9.17, 15) is 23.5 Å². The number of carbonyl (C=O) groups excluding carboxylic acids is 2. The molecule has 8 nitrogen and oxygen atoms in total. The number of benzene rings is 3. The Kier molecular flexibility index (Phi) is 12.4. The lowest BCUT2D eigenvalue weighted by Crippen LogP contribution is -2.48. The van der Waals surface area contributed by atoms with Gasteiger partial charge >= 0.3 is 0 Å². The molecule has 0 saturated heterocycles. The first-order valence-corrected chi connectivity index (χ1v) is 16.1. The molecule has 0 unspecified atom stereocenters. The Morgan fingerprint density at radius 3 is 2.23 bits per heavy atom. The molecule has 10 heteroatoms. The van der Waals surface area contributed by atoms with Crippen LogP contribution in [0.2, 0.25) is 0 Å². The molecule has 0 fully saturated rings. The molecule has 1 aromatic heterocycles. The van der Waals surface area contributed by atoms with Gasteiger partial charge in [-0.2, -0.15) is 0 Å². The molecule has 0 saturated carbocycles. The van der Waals surface area contributed by atoms with E-state index >= 15 is 0 Å². The van der Waals surface area contributed by atoms with Gasteiger partial charge in [-0.15, -0.1) is 0 Å². The number of rotatable bonds is 15. The lowest BCUT2D eigenvalue weighted by atomic mass is 9.99. The van der Waals surface area contributed by atoms with Gasteiger partial charge in [0, 0.05) is 48.9 Å². The predicted octanol–water partition coefficient (Wildman–Crippen LogP) is 6.30. The second-order valence-corrected chi connectivity index (χ2v) is 12.0. The highest BCUT2D eigenvalue weighted by molar-refractivity contribution is 6.00. The second kappa shape index (κ2) is 16.4. The normalized spacial score (nSPS) is 12.5. The van der Waals surface area contributed by atoms with Gasteiger partial charge < -0.3 is 25.2 Å². The summed E-state index contributed by atoms with van der Waals surface area (Å²) in [6, 6.07) is 15.1. The molecule has 0 aliphatic heterocycles. The maximum Gasteiger partial charge on any atom is 0.253 e. The molecule has 0 bridgehead atoms. The summed E-state index contributed by atoms with van der Waals surface area (Å²) >= 11 is 0. The van der Waals surface area contributed by atoms with Crippen LogP contribution in [-0.2, 0) is 13.0 Å². The molecule has 0 aliphatic carbocycles. The van der Waals surface area contributed by atoms with Crippen LogP contribution in [0, 0.1) is 32.4 Å². The van der Waals surface area contributed by atoms with Crippen LogP contribution in [0.1, 0.15) is 75.5 Å². The first-order chi connectivity index (χ1) is 22.5. The molecule has 3 aromatic carbocycles. The summed E-state index contributed by atoms with van der Waals surface area (Å²) in [4.78, 5) is 28.7. The number of carbonyl (C=O) groups is 2. The Bertz CT molecular complexity index is 1640. The van der Waals surface area contributed by atoms with Gasteiger partial charge in [-0.3, -0.25) is 9.59 Å². The van der Waals surface area contributed by atoms with E-state index in [0.717, 1.165) is 52.6 Å². The van der Waals surface area contributed by atoms with Gasteiger partial charge in [0.15, 0.2) is 0 Å². The molecule has 1 heterocycles. The summed E-state index contributed by atoms with van der Waals surface area (Å²) in [7, 11) is 0. The van der Waals surface area contributed by atoms with Gasteiger partial charge in [0.2, 0.25) is 0 Å². The van der Waals surface area contributed by atoms with E-state index < -0.39 is 29.7 Å². The zero-order valence-electron chi connectivity index (χ0n) is 27.7. The van der Waals surface area contributed by atoms with Crippen molar-refractivity contribution < 1.29 is 28.0 Å². The Morgan fingerprint density at radius 2 is 1.60 bits per heavy atom. The molecule has 0 aliphatic rings. The van der Waals surface area contributed by atoms with Crippen molar-refractivity contribution in [3.05, 3.63) is 112 Å². The van der Waals surface area contributed by atoms with Crippen molar-refractivity contribution in [1.29, 1.82) is 0 Å². The van der Waals surface area contributed by atoms with Crippen LogP contribution < -0.4 is 10.6 Å². The summed E-state index contributed by atoms with van der Waals surface area (Å²) in [5, 5.41) is 21.4. The maximum atomic E-state index is 14.1. The summed E-state index contributed by atoms with van der Waals surface area (Å²) in [5.41, 5.74) is 5.33. The quantitative estimate of drug-likeness (QED) is 0.140. The highest BCUT2D eigenvalue weighted by Crippen LogP contribution is 2.27. The highest BCUT2D eigenvalue weighted by atomic mass is 19.1. The zero-order chi connectivity index (χ0) is 34.1. The van der Waals surface area contributed by atoms with Crippen LogP contribution in [0.3, 0.4) is 0 Å². The fourth-order valence-electron chi connectivity index (χ4n) is 5.83. The number of nitrogens with one attached hydrogen (secondary N) is 2. The summed E-state index contributed by atoms with van der Waals surface area (Å²) < 4.78 is 33.5. The topological polar surface area (TPSA) is 108 Å². The van der Waals surface area contributed by atoms with E-state index in [1.807, 2.05) is 58.9 Å². The molecule has 0 radical (unpaired) electrons. The van der Waals surface area contributed by atoms with Crippen molar-refractivity contribution in [2.24, 2.45) is 0 Å². The lowest BCUT2D eigenvalue weighted by Gasteiger charge is -2.25. The van der Waals surface area contributed by atoms with Crippen molar-refractivity contribution in [2.45, 2.75) is 72.6 Å². The number of aliphatic hydroxyl groups is 1. The minimum atomic E-state index is -1.12. The summed E-state index contributed by atoms with van der Waals surface area (Å²) in [6.45, 7) is 11.3. The Hall–Kier alpha value is -4.41. The van der Waals surface area contributed by atoms with Gasteiger partial charge in [0.05, 0.1) is 17.8 Å². The van der Waals surface area contributed by atoms with Crippen molar-refractivity contribution >= 4 is 11.8 Å². The smallest absolute Gasteiger partial charge is 0.253 e. The Morgan fingerprint density at radius 1 is 0.915 bits per heavy atom. The van der Waals surface area contributed by atoms with E-state index in [1.165, 1.54) is 12.1 Å². The predicted molar refractivity (Wildman–Crippen MR) is 178 cm³/mol. The van der Waals surface area contributed by atoms with Gasteiger partial charge in [0.1, 0.15) is 17.4 Å². The first-order valence-electron chi connectivity index (χ1n) is 16.1. The molecule has 4 aromatic rings. The van der Waals surface area contributed by atoms with Crippen molar-refractivity contribution in [3.63, 3.8) is 0 Å². The van der Waals surface area contributed by atoms with Crippen LogP contribution in [0.25, 0.3) is 11.1 Å². The molecular weight excluding hydrogens is 602 g/mol. The Balaban J connectivity index is 1.51. The zero-order valence-corrected chi connectivity index (χ0v) is 27.7. The highest BCUT2D eigenvalue weighted by Gasteiger charge is 2.24. The summed E-state index contributed by atoms with van der Waals surface area (Å²) in [6.07, 6.45) is 0.479. The molecule has 47 heavy (non-hydrogen) atoms. The van der Waals surface area contributed by atoms with Crippen molar-refractivity contribution in [1.82, 2.24) is 20.7 Å². The van der Waals surface area contributed by atoms with Crippen LogP contribution in [0.5, 0.6) is 0 Å². The summed E-state index contributed by atoms with van der Waals surface area (Å²) in [5.74, 6) is -1.43. The lowest BCUT2D eigenvalue weighted by molar-refractivity contribution is 0.0755. The molecule has 4 rings (SSSR count). The number of hydrogen-bond donors (Lipinski definition) is 3. The van der Waals surface area contributed by atoms with E-state index in [4.69, 9.17) is 4.52 Å². The number of halogens is 2. The first kappa shape index (κ1) is 35.4. The van der Waals surface area contributed by atoms with Crippen LogP contribution in [0.4, 0.5) is 8.78 Å². The van der Waals surface area contributed by atoms with E-state index in [1.54, 1.807) is 23.1 Å². The Labute approximate surface area is 275 Å². The maximum absolute atomic E-state index is 14.1. The van der Waals surface area contributed by atoms with Crippen molar-refractivity contribution in [2.75, 3.05) is 19.6 Å². The third-order valence-electron chi connectivity index (χ3n) is 7.95. The van der Waals surface area contributed by atoms with Crippen molar-refractivity contribution in [3.8, 4) is 11.1 Å². The fourth-order valence-corrected chi connectivity index (χ4v) is 5.83. The van der Waals surface area contributed by atoms with E-state index in [-0.39, 0.29) is 30.0 Å². The van der Waals surface area contributed by atoms with Gasteiger partial charge in [-0.25, -0.2) is 8.78 Å². The number of amides is 2. The number of aliphatic hydroxyl groups excluding tert-OH is 1. The largest absolute Gasteiger partial charge is 0.390 e. The molecule has 3 N–H and O–H groups in total. The molecule has 2 atom stereocenters. The number of hydrogen-bond acceptors (Lipinski definition) is 6. The average Bonchev–Trinajstić information content (AvgIpc) is 3.36. The SMILES string of the molecule is CCCN(CCC)C(=O)c1cc(C)cc(C(=O)N[C@@H](Cc2cc(F)cc(F)c2)[C@H](O)CNCc2cccc(-c3c(C)noc3C)c2)c1. The molecule has 2 amide bonds. The fraction of sp³-hybridized carbons (Fsp3) is 0.378. The van der Waals surface area contributed by atoms with Crippen LogP contribution in [-0.4, -0.2) is 58.8 Å². The number of aryl methyl sites for hydroxylation is 3. The molecular formula is C37H44F2N4O4. The van der Waals surface area contributed by atoms with Gasteiger partial charge in [0.25, 0.3) is 11.8 Å². The monoisotopic (exact) mass is 646 g/mol. The standard InChI is InChI=1S/C37H44F2N4O4/c1-6-11-43(12-7-2)37(46)30-14-23(3)13-29(19-30)36(45)41-33(18-27-16-31(38)20-32(39)17-27)34(44)22-40-21-26-9-8-10-28(15-26)35-24(4)42-47-25(35)5/h8-10,13-17,19-20,33-34,40,44H,6-7,11-12,18,21-22H2,1-5H3,(H,41,45)/t33-,34+/m0/s1. The van der Waals surface area contributed by atoms with Crippen LogP contribution >= 0.6 is 0 Å². The number of aromatic nitrogens is 1. The van der Waals surface area contributed by atoms with Gasteiger partial charge in [-0.1, -0.05) is 37.2 Å². The van der Waals surface area contributed by atoms with Gasteiger partial charge in [-0.05, 0) is 98.7 Å².